The van der Waals surface area contributed by atoms with Gasteiger partial charge in [0.15, 0.2) is 0 Å². The van der Waals surface area contributed by atoms with E-state index in [0.29, 0.717) is 18.4 Å². The van der Waals surface area contributed by atoms with Crippen LogP contribution in [0, 0.1) is 0 Å². The molecule has 0 unspecified atom stereocenters. The van der Waals surface area contributed by atoms with Crippen molar-refractivity contribution in [1.29, 1.82) is 0 Å². The molecule has 0 bridgehead atoms. The number of piperidine rings is 1. The summed E-state index contributed by atoms with van der Waals surface area (Å²) in [7, 11) is 3.77. The number of aromatic nitrogens is 3. The van der Waals surface area contributed by atoms with Gasteiger partial charge in [-0.15, -0.1) is 0 Å². The fourth-order valence-electron chi connectivity index (χ4n) is 3.38. The number of carbonyl (C=O) groups excluding carboxylic acids is 2. The Labute approximate surface area is 141 Å². The smallest absolute Gasteiger partial charge is 0.253 e. The first kappa shape index (κ1) is 16.3. The van der Waals surface area contributed by atoms with Crippen LogP contribution in [-0.2, 0) is 25.3 Å². The highest BCUT2D eigenvalue weighted by Crippen LogP contribution is 2.24. The van der Waals surface area contributed by atoms with Crippen LogP contribution in [0.1, 0.15) is 47.6 Å². The topological polar surface area (TPSA) is 81.0 Å². The summed E-state index contributed by atoms with van der Waals surface area (Å²) in [5.74, 6) is -0.0959. The van der Waals surface area contributed by atoms with Gasteiger partial charge >= 0.3 is 0 Å². The molecule has 7 heteroatoms. The van der Waals surface area contributed by atoms with Crippen LogP contribution in [0.2, 0.25) is 0 Å². The average Bonchev–Trinajstić information content (AvgIpc) is 3.14. The molecule has 1 aliphatic rings. The number of carbonyl (C=O) groups is 2. The average molecular weight is 329 g/mol. The van der Waals surface area contributed by atoms with Gasteiger partial charge in [0.1, 0.15) is 0 Å². The first-order chi connectivity index (χ1) is 11.5. The molecule has 0 aromatic carbocycles. The SMILES string of the molecule is CCc1c(C(=O)N[C@@H]2CCC(=O)N[C@H]2c2ccnn2C)ccn1C. The van der Waals surface area contributed by atoms with Crippen LogP contribution in [0.15, 0.2) is 24.5 Å². The van der Waals surface area contributed by atoms with Crippen molar-refractivity contribution in [1.82, 2.24) is 25.0 Å². The van der Waals surface area contributed by atoms with Gasteiger partial charge in [-0.25, -0.2) is 0 Å². The van der Waals surface area contributed by atoms with E-state index in [0.717, 1.165) is 17.8 Å². The van der Waals surface area contributed by atoms with Crippen molar-refractivity contribution >= 4 is 11.8 Å². The van der Waals surface area contributed by atoms with Crippen LogP contribution in [0.5, 0.6) is 0 Å². The first-order valence-electron chi connectivity index (χ1n) is 8.23. The minimum absolute atomic E-state index is 0.000609. The molecule has 2 N–H and O–H groups in total. The van der Waals surface area contributed by atoms with E-state index in [1.807, 2.05) is 43.9 Å². The van der Waals surface area contributed by atoms with E-state index in [1.165, 1.54) is 0 Å². The fraction of sp³-hybridized carbons (Fsp3) is 0.471. The maximum absolute atomic E-state index is 12.7. The standard InChI is InChI=1S/C17H23N5O2/c1-4-13-11(8-10-21(13)2)17(24)19-12-5-6-15(23)20-16(12)14-7-9-18-22(14)3/h7-10,12,16H,4-6H2,1-3H3,(H,19,24)(H,20,23)/t12-,16-/m1/s1. The molecular formula is C17H23N5O2. The third kappa shape index (κ3) is 2.93. The molecule has 2 atom stereocenters. The van der Waals surface area contributed by atoms with Gasteiger partial charge in [-0.2, -0.15) is 5.10 Å². The lowest BCUT2D eigenvalue weighted by Gasteiger charge is -2.33. The van der Waals surface area contributed by atoms with Crippen LogP contribution >= 0.6 is 0 Å². The summed E-state index contributed by atoms with van der Waals surface area (Å²) in [4.78, 5) is 24.6. The largest absolute Gasteiger partial charge is 0.354 e. The number of amides is 2. The number of nitrogens with zero attached hydrogens (tertiary/aromatic N) is 3. The zero-order valence-electron chi connectivity index (χ0n) is 14.2. The van der Waals surface area contributed by atoms with Crippen LogP contribution in [0.4, 0.5) is 0 Å². The van der Waals surface area contributed by atoms with Gasteiger partial charge in [-0.3, -0.25) is 14.3 Å². The van der Waals surface area contributed by atoms with E-state index in [-0.39, 0.29) is 23.9 Å². The summed E-state index contributed by atoms with van der Waals surface area (Å²) < 4.78 is 3.70. The molecule has 0 spiro atoms. The summed E-state index contributed by atoms with van der Waals surface area (Å²) in [5.41, 5.74) is 2.59. The van der Waals surface area contributed by atoms with Crippen LogP contribution in [0.3, 0.4) is 0 Å². The minimum Gasteiger partial charge on any atom is -0.354 e. The van der Waals surface area contributed by atoms with Crippen LogP contribution in [0.25, 0.3) is 0 Å². The lowest BCUT2D eigenvalue weighted by Crippen LogP contribution is -2.50. The number of hydrogen-bond acceptors (Lipinski definition) is 3. The van der Waals surface area contributed by atoms with Crippen LogP contribution < -0.4 is 10.6 Å². The summed E-state index contributed by atoms with van der Waals surface area (Å²) in [6, 6.07) is 3.29. The van der Waals surface area contributed by atoms with E-state index in [4.69, 9.17) is 0 Å². The van der Waals surface area contributed by atoms with Crippen molar-refractivity contribution in [3.05, 3.63) is 41.5 Å². The zero-order valence-corrected chi connectivity index (χ0v) is 14.2. The van der Waals surface area contributed by atoms with E-state index < -0.39 is 0 Å². The second kappa shape index (κ2) is 6.51. The second-order valence-electron chi connectivity index (χ2n) is 6.18. The molecular weight excluding hydrogens is 306 g/mol. The van der Waals surface area contributed by atoms with E-state index in [2.05, 4.69) is 15.7 Å². The Morgan fingerprint density at radius 1 is 1.42 bits per heavy atom. The van der Waals surface area contributed by atoms with Gasteiger partial charge in [-0.1, -0.05) is 6.92 Å². The van der Waals surface area contributed by atoms with Crippen molar-refractivity contribution in [2.75, 3.05) is 0 Å². The zero-order chi connectivity index (χ0) is 17.3. The normalized spacial score (nSPS) is 20.7. The summed E-state index contributed by atoms with van der Waals surface area (Å²) in [6.07, 6.45) is 5.41. The third-order valence-electron chi connectivity index (χ3n) is 4.68. The van der Waals surface area contributed by atoms with Crippen LogP contribution in [-0.4, -0.2) is 32.2 Å². The summed E-state index contributed by atoms with van der Waals surface area (Å²) >= 11 is 0. The Hall–Kier alpha value is -2.57. The van der Waals surface area contributed by atoms with Gasteiger partial charge in [0.05, 0.1) is 23.3 Å². The first-order valence-corrected chi connectivity index (χ1v) is 8.23. The third-order valence-corrected chi connectivity index (χ3v) is 4.68. The molecule has 2 aromatic rings. The molecule has 1 saturated heterocycles. The van der Waals surface area contributed by atoms with Crippen molar-refractivity contribution in [2.24, 2.45) is 14.1 Å². The van der Waals surface area contributed by atoms with Crippen molar-refractivity contribution < 1.29 is 9.59 Å². The van der Waals surface area contributed by atoms with Gasteiger partial charge in [0.25, 0.3) is 5.91 Å². The molecule has 3 rings (SSSR count). The molecule has 24 heavy (non-hydrogen) atoms. The Morgan fingerprint density at radius 3 is 2.88 bits per heavy atom. The van der Waals surface area contributed by atoms with E-state index in [9.17, 15) is 9.59 Å². The lowest BCUT2D eigenvalue weighted by atomic mass is 9.94. The van der Waals surface area contributed by atoms with Gasteiger partial charge in [-0.05, 0) is 25.0 Å². The molecule has 7 nitrogen and oxygen atoms in total. The van der Waals surface area contributed by atoms with Gasteiger partial charge in [0, 0.05) is 38.6 Å². The minimum atomic E-state index is -0.267. The summed E-state index contributed by atoms with van der Waals surface area (Å²) in [6.45, 7) is 2.03. The molecule has 3 heterocycles. The van der Waals surface area contributed by atoms with Crippen molar-refractivity contribution in [3.8, 4) is 0 Å². The Morgan fingerprint density at radius 2 is 2.21 bits per heavy atom. The molecule has 2 amide bonds. The number of nitrogens with one attached hydrogen (secondary N) is 2. The molecule has 1 fully saturated rings. The molecule has 2 aromatic heterocycles. The second-order valence-corrected chi connectivity index (χ2v) is 6.18. The Balaban J connectivity index is 1.82. The molecule has 0 saturated carbocycles. The molecule has 128 valence electrons. The molecule has 0 aliphatic carbocycles. The highest BCUT2D eigenvalue weighted by molar-refractivity contribution is 5.96. The molecule has 0 radical (unpaired) electrons. The quantitative estimate of drug-likeness (QED) is 0.880. The highest BCUT2D eigenvalue weighted by atomic mass is 16.2. The predicted molar refractivity (Wildman–Crippen MR) is 89.4 cm³/mol. The number of hydrogen-bond donors (Lipinski definition) is 2. The molecule has 1 aliphatic heterocycles. The highest BCUT2D eigenvalue weighted by Gasteiger charge is 2.33. The fourth-order valence-corrected chi connectivity index (χ4v) is 3.38. The predicted octanol–water partition coefficient (Wildman–Crippen LogP) is 1.07. The summed E-state index contributed by atoms with van der Waals surface area (Å²) in [5, 5.41) is 10.3. The Bertz CT molecular complexity index is 761. The maximum Gasteiger partial charge on any atom is 0.253 e. The van der Waals surface area contributed by atoms with Crippen molar-refractivity contribution in [3.63, 3.8) is 0 Å². The number of rotatable bonds is 4. The van der Waals surface area contributed by atoms with Gasteiger partial charge in [0.2, 0.25) is 5.91 Å². The Kier molecular flexibility index (Phi) is 4.42. The van der Waals surface area contributed by atoms with Crippen molar-refractivity contribution in [2.45, 2.75) is 38.3 Å². The lowest BCUT2D eigenvalue weighted by molar-refractivity contribution is -0.123. The monoisotopic (exact) mass is 329 g/mol. The van der Waals surface area contributed by atoms with Gasteiger partial charge < -0.3 is 15.2 Å². The van der Waals surface area contributed by atoms with E-state index >= 15 is 0 Å². The van der Waals surface area contributed by atoms with E-state index in [1.54, 1.807) is 10.9 Å². The maximum atomic E-state index is 12.7. The number of aryl methyl sites for hydroxylation is 2.